The van der Waals surface area contributed by atoms with Gasteiger partial charge in [-0.1, -0.05) is 13.8 Å². The fourth-order valence-corrected chi connectivity index (χ4v) is 3.44. The molecule has 1 unspecified atom stereocenters. The lowest BCUT2D eigenvalue weighted by molar-refractivity contribution is 0.122. The lowest BCUT2D eigenvalue weighted by Crippen LogP contribution is -2.36. The highest BCUT2D eigenvalue weighted by atomic mass is 19.1. The van der Waals surface area contributed by atoms with Gasteiger partial charge in [0.15, 0.2) is 5.82 Å². The van der Waals surface area contributed by atoms with E-state index in [1.807, 2.05) is 19.9 Å². The molecular weight excluding hydrogens is 429 g/mol. The van der Waals surface area contributed by atoms with E-state index in [-0.39, 0.29) is 36.2 Å². The molecule has 1 aliphatic heterocycles. The molecule has 1 aliphatic rings. The van der Waals surface area contributed by atoms with Gasteiger partial charge in [-0.3, -0.25) is 0 Å². The first-order valence-electron chi connectivity index (χ1n) is 10.8. The third kappa shape index (κ3) is 5.29. The van der Waals surface area contributed by atoms with E-state index in [0.717, 1.165) is 18.8 Å². The van der Waals surface area contributed by atoms with E-state index < -0.39 is 5.82 Å². The molecule has 0 aliphatic carbocycles. The monoisotopic (exact) mass is 457 g/mol. The van der Waals surface area contributed by atoms with Crippen molar-refractivity contribution < 1.29 is 14.2 Å². The maximum atomic E-state index is 14.7. The first-order chi connectivity index (χ1) is 15.9. The van der Waals surface area contributed by atoms with Gasteiger partial charge >= 0.3 is 0 Å². The van der Waals surface area contributed by atoms with E-state index >= 15 is 0 Å². The van der Waals surface area contributed by atoms with Gasteiger partial charge in [0.2, 0.25) is 11.9 Å². The normalized spacial score (nSPS) is 15.0. The topological polar surface area (TPSA) is 139 Å². The summed E-state index contributed by atoms with van der Waals surface area (Å²) >= 11 is 0. The second-order valence-electron chi connectivity index (χ2n) is 8.03. The third-order valence-electron chi connectivity index (χ3n) is 5.41. The first kappa shape index (κ1) is 22.7. The minimum Gasteiger partial charge on any atom is -0.394 e. The van der Waals surface area contributed by atoms with Gasteiger partial charge < -0.3 is 31.1 Å². The van der Waals surface area contributed by atoms with Gasteiger partial charge in [-0.05, 0) is 24.1 Å². The van der Waals surface area contributed by atoms with Crippen LogP contribution in [0.1, 0.15) is 13.8 Å². The number of rotatable bonds is 8. The molecule has 12 heteroatoms. The number of nitrogen functional groups attached to an aromatic ring is 1. The summed E-state index contributed by atoms with van der Waals surface area (Å²) in [6.07, 6.45) is 1.37. The number of nitrogens with two attached hydrogens (primary N) is 1. The molecule has 11 nitrogen and oxygen atoms in total. The minimum atomic E-state index is -0.425. The molecule has 1 fully saturated rings. The van der Waals surface area contributed by atoms with Crippen LogP contribution in [0.5, 0.6) is 0 Å². The Hall–Kier alpha value is -3.51. The van der Waals surface area contributed by atoms with Crippen molar-refractivity contribution in [3.63, 3.8) is 0 Å². The van der Waals surface area contributed by atoms with Crippen LogP contribution in [0.25, 0.3) is 5.82 Å². The van der Waals surface area contributed by atoms with E-state index in [0.29, 0.717) is 24.8 Å². The van der Waals surface area contributed by atoms with Crippen molar-refractivity contribution in [2.75, 3.05) is 54.2 Å². The molecule has 1 atom stereocenters. The van der Waals surface area contributed by atoms with E-state index in [9.17, 15) is 9.50 Å². The summed E-state index contributed by atoms with van der Waals surface area (Å²) in [6.45, 7) is 6.65. The Morgan fingerprint density at radius 2 is 2.00 bits per heavy atom. The highest BCUT2D eigenvalue weighted by molar-refractivity contribution is 5.61. The van der Waals surface area contributed by atoms with Gasteiger partial charge in [0.25, 0.3) is 0 Å². The Balaban J connectivity index is 1.50. The maximum Gasteiger partial charge on any atom is 0.248 e. The fourth-order valence-electron chi connectivity index (χ4n) is 3.44. The lowest BCUT2D eigenvalue weighted by Gasteiger charge is -2.29. The summed E-state index contributed by atoms with van der Waals surface area (Å²) in [6, 6.07) is 6.44. The highest BCUT2D eigenvalue weighted by Crippen LogP contribution is 2.25. The lowest BCUT2D eigenvalue weighted by atomic mass is 10.1. The van der Waals surface area contributed by atoms with Gasteiger partial charge in [0, 0.05) is 24.8 Å². The molecule has 1 aromatic carbocycles. The second-order valence-corrected chi connectivity index (χ2v) is 8.03. The summed E-state index contributed by atoms with van der Waals surface area (Å²) in [7, 11) is 0. The first-order valence-corrected chi connectivity index (χ1v) is 10.8. The van der Waals surface area contributed by atoms with Crippen LogP contribution in [0, 0.1) is 11.7 Å². The number of nitrogens with zero attached hydrogens (tertiary/aromatic N) is 6. The number of aliphatic hydroxyl groups is 1. The van der Waals surface area contributed by atoms with E-state index in [4.69, 9.17) is 10.5 Å². The van der Waals surface area contributed by atoms with E-state index in [1.165, 1.54) is 17.1 Å². The van der Waals surface area contributed by atoms with Gasteiger partial charge in [-0.25, -0.2) is 14.4 Å². The smallest absolute Gasteiger partial charge is 0.248 e. The molecule has 1 saturated heterocycles. The summed E-state index contributed by atoms with van der Waals surface area (Å²) in [5, 5.41) is 19.9. The van der Waals surface area contributed by atoms with Crippen LogP contribution in [0.2, 0.25) is 0 Å². The summed E-state index contributed by atoms with van der Waals surface area (Å²) < 4.78 is 21.4. The quantitative estimate of drug-likeness (QED) is 0.396. The Labute approximate surface area is 190 Å². The molecule has 0 amide bonds. The average molecular weight is 458 g/mol. The molecular formula is C21H28FN9O2. The molecule has 0 saturated carbocycles. The number of hydrogen-bond acceptors (Lipinski definition) is 10. The number of ether oxygens (including phenoxy) is 1. The van der Waals surface area contributed by atoms with E-state index in [2.05, 4.69) is 35.6 Å². The minimum absolute atomic E-state index is 0.0353. The van der Waals surface area contributed by atoms with Crippen LogP contribution in [0.4, 0.5) is 33.5 Å². The van der Waals surface area contributed by atoms with Crippen LogP contribution < -0.4 is 21.3 Å². The number of hydrogen-bond donors (Lipinski definition) is 4. The van der Waals surface area contributed by atoms with Crippen molar-refractivity contribution in [3.8, 4) is 5.82 Å². The SMILES string of the molecule is CC(C)C(CO)Nc1cc(-n2nc(Nc3ccc(N4CCOCC4)cc3F)nc2N)ncn1. The molecule has 0 spiro atoms. The Bertz CT molecular complexity index is 1090. The summed E-state index contributed by atoms with van der Waals surface area (Å²) in [4.78, 5) is 14.6. The molecule has 176 valence electrons. The molecule has 3 aromatic rings. The Morgan fingerprint density at radius 3 is 2.70 bits per heavy atom. The fraction of sp³-hybridized carbons (Fsp3) is 0.429. The molecule has 5 N–H and O–H groups in total. The number of anilines is 5. The predicted octanol–water partition coefficient (Wildman–Crippen LogP) is 1.79. The standard InChI is InChI=1S/C21H28FN9O2/c1-13(2)17(11-32)26-18-10-19(25-12-24-18)31-20(23)28-21(29-31)27-16-4-3-14(9-15(16)22)30-5-7-33-8-6-30/h3-4,9-10,12-13,17,32H,5-8,11H2,1-2H3,(H,24,25,26)(H3,23,27,28,29). The van der Waals surface area contributed by atoms with Crippen LogP contribution in [-0.4, -0.2) is 68.8 Å². The van der Waals surface area contributed by atoms with Gasteiger partial charge in [-0.2, -0.15) is 9.67 Å². The predicted molar refractivity (Wildman–Crippen MR) is 123 cm³/mol. The van der Waals surface area contributed by atoms with Crippen molar-refractivity contribution in [1.82, 2.24) is 24.7 Å². The molecule has 0 radical (unpaired) electrons. The second kappa shape index (κ2) is 9.96. The van der Waals surface area contributed by atoms with Crippen LogP contribution in [0.15, 0.2) is 30.6 Å². The number of halogens is 1. The van der Waals surface area contributed by atoms with Gasteiger partial charge in [-0.15, -0.1) is 5.10 Å². The average Bonchev–Trinajstić information content (AvgIpc) is 3.19. The number of aliphatic hydroxyl groups excluding tert-OH is 1. The number of benzene rings is 1. The van der Waals surface area contributed by atoms with Gasteiger partial charge in [0.05, 0.1) is 31.5 Å². The molecule has 2 aromatic heterocycles. The molecule has 3 heterocycles. The maximum absolute atomic E-state index is 14.7. The zero-order chi connectivity index (χ0) is 23.4. The van der Waals surface area contributed by atoms with Crippen molar-refractivity contribution in [1.29, 1.82) is 0 Å². The van der Waals surface area contributed by atoms with Crippen LogP contribution in [0.3, 0.4) is 0 Å². The van der Waals surface area contributed by atoms with Crippen molar-refractivity contribution in [2.45, 2.75) is 19.9 Å². The summed E-state index contributed by atoms with van der Waals surface area (Å²) in [5.74, 6) is 0.886. The zero-order valence-corrected chi connectivity index (χ0v) is 18.6. The van der Waals surface area contributed by atoms with Gasteiger partial charge in [0.1, 0.15) is 18.0 Å². The van der Waals surface area contributed by atoms with Crippen molar-refractivity contribution >= 4 is 29.1 Å². The number of nitrogens with one attached hydrogen (secondary N) is 2. The molecule has 33 heavy (non-hydrogen) atoms. The van der Waals surface area contributed by atoms with E-state index in [1.54, 1.807) is 12.1 Å². The van der Waals surface area contributed by atoms with Crippen molar-refractivity contribution in [2.24, 2.45) is 5.92 Å². The molecule has 0 bridgehead atoms. The largest absolute Gasteiger partial charge is 0.394 e. The third-order valence-corrected chi connectivity index (χ3v) is 5.41. The number of morpholine rings is 1. The zero-order valence-electron chi connectivity index (χ0n) is 18.6. The Kier molecular flexibility index (Phi) is 6.84. The highest BCUT2D eigenvalue weighted by Gasteiger charge is 2.17. The van der Waals surface area contributed by atoms with Crippen LogP contribution >= 0.6 is 0 Å². The Morgan fingerprint density at radius 1 is 1.21 bits per heavy atom. The summed E-state index contributed by atoms with van der Waals surface area (Å²) in [5.41, 5.74) is 7.06. The molecule has 4 rings (SSSR count). The number of aromatic nitrogens is 5. The van der Waals surface area contributed by atoms with Crippen LogP contribution in [-0.2, 0) is 4.74 Å². The van der Waals surface area contributed by atoms with Crippen molar-refractivity contribution in [3.05, 3.63) is 36.4 Å².